The monoisotopic (exact) mass is 387 g/mol. The third-order valence-electron chi connectivity index (χ3n) is 6.04. The Morgan fingerprint density at radius 1 is 1.35 bits per heavy atom. The SMILES string of the molecule is CC(Cl)[C@@]1(O)C[C@@H](C)[C@](C)(O)C(=O)OCC2=CCN3CC[C@@H](OC1=O)[C@@H]23. The molecule has 0 bridgehead atoms. The highest BCUT2D eigenvalue weighted by Gasteiger charge is 2.52. The first-order valence-corrected chi connectivity index (χ1v) is 9.41. The van der Waals surface area contributed by atoms with E-state index >= 15 is 0 Å². The van der Waals surface area contributed by atoms with E-state index < -0.39 is 40.5 Å². The Bertz CT molecular complexity index is 633. The molecule has 26 heavy (non-hydrogen) atoms. The molecular formula is C18H26ClNO6. The van der Waals surface area contributed by atoms with E-state index in [1.165, 1.54) is 13.8 Å². The van der Waals surface area contributed by atoms with E-state index in [1.54, 1.807) is 6.92 Å². The van der Waals surface area contributed by atoms with Crippen molar-refractivity contribution in [3.05, 3.63) is 11.6 Å². The summed E-state index contributed by atoms with van der Waals surface area (Å²) in [6.45, 7) is 5.88. The van der Waals surface area contributed by atoms with Gasteiger partial charge in [0.05, 0.1) is 11.4 Å². The van der Waals surface area contributed by atoms with Gasteiger partial charge in [0, 0.05) is 13.1 Å². The molecule has 7 nitrogen and oxygen atoms in total. The van der Waals surface area contributed by atoms with Crippen LogP contribution in [0.2, 0.25) is 0 Å². The van der Waals surface area contributed by atoms with Crippen LogP contribution < -0.4 is 0 Å². The molecular weight excluding hydrogens is 362 g/mol. The number of rotatable bonds is 1. The molecule has 6 atom stereocenters. The second-order valence-electron chi connectivity index (χ2n) is 7.82. The van der Waals surface area contributed by atoms with Crippen LogP contribution in [-0.4, -0.2) is 75.5 Å². The van der Waals surface area contributed by atoms with Gasteiger partial charge in [0.15, 0.2) is 11.2 Å². The van der Waals surface area contributed by atoms with Gasteiger partial charge in [0.25, 0.3) is 0 Å². The van der Waals surface area contributed by atoms with Crippen molar-refractivity contribution in [3.63, 3.8) is 0 Å². The molecule has 0 aromatic heterocycles. The maximum atomic E-state index is 12.8. The van der Waals surface area contributed by atoms with Crippen LogP contribution in [0.15, 0.2) is 11.6 Å². The summed E-state index contributed by atoms with van der Waals surface area (Å²) >= 11 is 6.12. The molecule has 2 fully saturated rings. The van der Waals surface area contributed by atoms with Crippen molar-refractivity contribution < 1.29 is 29.3 Å². The summed E-state index contributed by atoms with van der Waals surface area (Å²) in [5, 5.41) is 20.6. The zero-order valence-corrected chi connectivity index (χ0v) is 16.0. The molecule has 0 aromatic rings. The second-order valence-corrected chi connectivity index (χ2v) is 8.47. The summed E-state index contributed by atoms with van der Waals surface area (Å²) < 4.78 is 11.0. The largest absolute Gasteiger partial charge is 0.459 e. The predicted molar refractivity (Wildman–Crippen MR) is 93.6 cm³/mol. The molecule has 8 heteroatoms. The molecule has 0 aromatic carbocycles. The van der Waals surface area contributed by atoms with Crippen molar-refractivity contribution in [3.8, 4) is 0 Å². The summed E-state index contributed by atoms with van der Waals surface area (Å²) in [5.41, 5.74) is -3.03. The molecule has 146 valence electrons. The van der Waals surface area contributed by atoms with E-state index in [-0.39, 0.29) is 19.1 Å². The Morgan fingerprint density at radius 3 is 2.69 bits per heavy atom. The normalized spacial score (nSPS) is 42.8. The van der Waals surface area contributed by atoms with Crippen LogP contribution in [0.25, 0.3) is 0 Å². The number of nitrogens with zero attached hydrogens (tertiary/aromatic N) is 1. The van der Waals surface area contributed by atoms with Crippen LogP contribution in [0.5, 0.6) is 0 Å². The smallest absolute Gasteiger partial charge is 0.340 e. The van der Waals surface area contributed by atoms with Crippen molar-refractivity contribution in [2.45, 2.75) is 62.3 Å². The molecule has 3 heterocycles. The number of esters is 2. The van der Waals surface area contributed by atoms with Gasteiger partial charge in [-0.2, -0.15) is 0 Å². The number of hydrogen-bond acceptors (Lipinski definition) is 7. The third kappa shape index (κ3) is 3.15. The predicted octanol–water partition coefficient (Wildman–Crippen LogP) is 0.605. The lowest BCUT2D eigenvalue weighted by Crippen LogP contribution is -2.54. The number of alkyl halides is 1. The maximum absolute atomic E-state index is 12.8. The van der Waals surface area contributed by atoms with E-state index in [0.29, 0.717) is 13.0 Å². The first kappa shape index (κ1) is 19.6. The Hall–Kier alpha value is -1.15. The third-order valence-corrected chi connectivity index (χ3v) is 6.41. The van der Waals surface area contributed by atoms with Crippen LogP contribution in [0, 0.1) is 5.92 Å². The van der Waals surface area contributed by atoms with Gasteiger partial charge in [0.2, 0.25) is 0 Å². The Morgan fingerprint density at radius 2 is 2.04 bits per heavy atom. The van der Waals surface area contributed by atoms with Crippen molar-refractivity contribution in [1.29, 1.82) is 0 Å². The molecule has 3 rings (SSSR count). The number of aliphatic hydroxyl groups is 2. The van der Waals surface area contributed by atoms with Crippen LogP contribution in [0.4, 0.5) is 0 Å². The summed E-state index contributed by atoms with van der Waals surface area (Å²) in [6.07, 6.45) is 1.95. The number of ether oxygens (including phenoxy) is 2. The minimum atomic E-state index is -2.01. The second kappa shape index (κ2) is 6.78. The van der Waals surface area contributed by atoms with Gasteiger partial charge < -0.3 is 19.7 Å². The Balaban J connectivity index is 1.97. The highest BCUT2D eigenvalue weighted by molar-refractivity contribution is 6.22. The van der Waals surface area contributed by atoms with Crippen LogP contribution >= 0.6 is 11.6 Å². The van der Waals surface area contributed by atoms with Gasteiger partial charge >= 0.3 is 11.9 Å². The summed E-state index contributed by atoms with van der Waals surface area (Å²) in [4.78, 5) is 27.4. The molecule has 1 unspecified atom stereocenters. The van der Waals surface area contributed by atoms with Gasteiger partial charge in [-0.25, -0.2) is 9.59 Å². The standard InChI is InChI=1S/C18H26ClNO6/c1-10-8-18(24,11(2)19)16(22)26-13-5-7-20-6-4-12(14(13)20)9-25-15(21)17(10,3)23/h4,10-11,13-14,23-24H,5-9H2,1-3H3/t10-,11?,13-,14-,17+,18+/m1/s1. The quantitative estimate of drug-likeness (QED) is 0.386. The number of carbonyl (C=O) groups excluding carboxylic acids is 2. The fourth-order valence-corrected chi connectivity index (χ4v) is 4.11. The highest BCUT2D eigenvalue weighted by atomic mass is 35.5. The zero-order chi connectivity index (χ0) is 19.3. The summed E-state index contributed by atoms with van der Waals surface area (Å²) in [7, 11) is 0. The highest BCUT2D eigenvalue weighted by Crippen LogP contribution is 2.37. The topological polar surface area (TPSA) is 96.3 Å². The molecule has 0 spiro atoms. The molecule has 3 aliphatic heterocycles. The Labute approximate surface area is 157 Å². The molecule has 0 amide bonds. The maximum Gasteiger partial charge on any atom is 0.340 e. The molecule has 0 aliphatic carbocycles. The fraction of sp³-hybridized carbons (Fsp3) is 0.778. The van der Waals surface area contributed by atoms with Crippen molar-refractivity contribution in [2.75, 3.05) is 19.7 Å². The van der Waals surface area contributed by atoms with E-state index in [4.69, 9.17) is 21.1 Å². The van der Waals surface area contributed by atoms with Gasteiger partial charge in [-0.1, -0.05) is 13.0 Å². The number of hydrogen-bond donors (Lipinski definition) is 2. The minimum absolute atomic E-state index is 0.0487. The summed E-state index contributed by atoms with van der Waals surface area (Å²) in [6, 6.07) is -0.177. The van der Waals surface area contributed by atoms with Crippen LogP contribution in [0.3, 0.4) is 0 Å². The molecule has 3 aliphatic rings. The lowest BCUT2D eigenvalue weighted by molar-refractivity contribution is -0.183. The number of carbonyl (C=O) groups is 2. The van der Waals surface area contributed by atoms with Crippen molar-refractivity contribution in [1.82, 2.24) is 4.90 Å². The Kier molecular flexibility index (Phi) is 5.11. The van der Waals surface area contributed by atoms with Crippen molar-refractivity contribution >= 4 is 23.5 Å². The van der Waals surface area contributed by atoms with Crippen molar-refractivity contribution in [2.24, 2.45) is 5.92 Å². The van der Waals surface area contributed by atoms with E-state index in [9.17, 15) is 19.8 Å². The molecule has 2 N–H and O–H groups in total. The zero-order valence-electron chi connectivity index (χ0n) is 15.3. The van der Waals surface area contributed by atoms with E-state index in [1.807, 2.05) is 6.08 Å². The number of halogens is 1. The molecule has 0 saturated carbocycles. The van der Waals surface area contributed by atoms with Crippen LogP contribution in [-0.2, 0) is 19.1 Å². The molecule has 0 radical (unpaired) electrons. The van der Waals surface area contributed by atoms with Gasteiger partial charge in [-0.05, 0) is 38.2 Å². The van der Waals surface area contributed by atoms with E-state index in [2.05, 4.69) is 4.90 Å². The van der Waals surface area contributed by atoms with Crippen LogP contribution in [0.1, 0.15) is 33.6 Å². The van der Waals surface area contributed by atoms with E-state index in [0.717, 1.165) is 12.1 Å². The lowest BCUT2D eigenvalue weighted by Gasteiger charge is -2.37. The average Bonchev–Trinajstić information content (AvgIpc) is 3.14. The first-order chi connectivity index (χ1) is 12.1. The fourth-order valence-electron chi connectivity index (χ4n) is 3.94. The average molecular weight is 388 g/mol. The molecule has 2 saturated heterocycles. The lowest BCUT2D eigenvalue weighted by atomic mass is 9.79. The minimum Gasteiger partial charge on any atom is -0.459 e. The van der Waals surface area contributed by atoms with Gasteiger partial charge in [-0.3, -0.25) is 4.90 Å². The van der Waals surface area contributed by atoms with Gasteiger partial charge in [-0.15, -0.1) is 11.6 Å². The summed E-state index contributed by atoms with van der Waals surface area (Å²) in [5.74, 6) is -2.37. The first-order valence-electron chi connectivity index (χ1n) is 8.97. The number of cyclic esters (lactones) is 1. The van der Waals surface area contributed by atoms with Gasteiger partial charge in [0.1, 0.15) is 12.7 Å².